The molecule has 0 aromatic rings. The van der Waals surface area contributed by atoms with Gasteiger partial charge in [0.2, 0.25) is 10.0 Å². The monoisotopic (exact) mass is 218 g/mol. The van der Waals surface area contributed by atoms with Crippen LogP contribution >= 0.6 is 0 Å². The molecule has 1 saturated carbocycles. The van der Waals surface area contributed by atoms with Crippen LogP contribution in [-0.4, -0.2) is 44.2 Å². The van der Waals surface area contributed by atoms with Crippen LogP contribution < -0.4 is 4.72 Å². The average Bonchev–Trinajstić information content (AvgIpc) is 2.89. The van der Waals surface area contributed by atoms with Gasteiger partial charge < -0.3 is 0 Å². The predicted octanol–water partition coefficient (Wildman–Crippen LogP) is 0.162. The normalized spacial score (nSPS) is 29.6. The van der Waals surface area contributed by atoms with E-state index in [1.165, 1.54) is 12.8 Å². The van der Waals surface area contributed by atoms with Gasteiger partial charge in [-0.25, -0.2) is 13.1 Å². The second kappa shape index (κ2) is 3.79. The van der Waals surface area contributed by atoms with E-state index in [1.54, 1.807) is 6.92 Å². The van der Waals surface area contributed by atoms with Gasteiger partial charge >= 0.3 is 0 Å². The van der Waals surface area contributed by atoms with Crippen molar-refractivity contribution in [3.05, 3.63) is 0 Å². The van der Waals surface area contributed by atoms with Gasteiger partial charge in [-0.15, -0.1) is 0 Å². The molecule has 1 heterocycles. The van der Waals surface area contributed by atoms with Crippen molar-refractivity contribution in [1.29, 1.82) is 0 Å². The number of nitrogens with zero attached hydrogens (tertiary/aromatic N) is 1. The Hall–Kier alpha value is -0.130. The standard InChI is InChI=1S/C9H18N2O2S/c1-2-14(12,13)10-8-5-6-11(7-8)9-3-4-9/h8-10H,2-7H2,1H3. The first kappa shape index (κ1) is 10.4. The largest absolute Gasteiger partial charge is 0.299 e. The fourth-order valence-corrected chi connectivity index (χ4v) is 2.86. The third-order valence-electron chi connectivity index (χ3n) is 3.01. The summed E-state index contributed by atoms with van der Waals surface area (Å²) in [5.41, 5.74) is 0. The topological polar surface area (TPSA) is 49.4 Å². The molecule has 1 aliphatic heterocycles. The molecule has 0 radical (unpaired) electrons. The van der Waals surface area contributed by atoms with E-state index in [9.17, 15) is 8.42 Å². The zero-order valence-corrected chi connectivity index (χ0v) is 9.39. The van der Waals surface area contributed by atoms with Gasteiger partial charge in [0.05, 0.1) is 5.75 Å². The lowest BCUT2D eigenvalue weighted by Crippen LogP contribution is -2.38. The van der Waals surface area contributed by atoms with E-state index in [0.29, 0.717) is 0 Å². The molecule has 14 heavy (non-hydrogen) atoms. The zero-order valence-electron chi connectivity index (χ0n) is 8.57. The van der Waals surface area contributed by atoms with Crippen molar-refractivity contribution < 1.29 is 8.42 Å². The number of nitrogens with one attached hydrogen (secondary N) is 1. The quantitative estimate of drug-likeness (QED) is 0.731. The first-order valence-electron chi connectivity index (χ1n) is 5.35. The first-order valence-corrected chi connectivity index (χ1v) is 7.00. The Morgan fingerprint density at radius 2 is 2.07 bits per heavy atom. The van der Waals surface area contributed by atoms with Gasteiger partial charge in [0.15, 0.2) is 0 Å². The minimum absolute atomic E-state index is 0.153. The van der Waals surface area contributed by atoms with E-state index in [-0.39, 0.29) is 11.8 Å². The van der Waals surface area contributed by atoms with Crippen molar-refractivity contribution in [2.24, 2.45) is 0 Å². The molecular weight excluding hydrogens is 200 g/mol. The fourth-order valence-electron chi connectivity index (χ4n) is 1.99. The SMILES string of the molecule is CCS(=O)(=O)NC1CCN(C2CC2)C1. The van der Waals surface area contributed by atoms with Crippen LogP contribution in [0.15, 0.2) is 0 Å². The molecule has 1 aliphatic carbocycles. The Morgan fingerprint density at radius 3 is 2.64 bits per heavy atom. The summed E-state index contributed by atoms with van der Waals surface area (Å²) >= 11 is 0. The summed E-state index contributed by atoms with van der Waals surface area (Å²) in [7, 11) is -3.01. The molecule has 1 unspecified atom stereocenters. The lowest BCUT2D eigenvalue weighted by atomic mass is 10.3. The van der Waals surface area contributed by atoms with Crippen LogP contribution in [-0.2, 0) is 10.0 Å². The molecular formula is C9H18N2O2S. The Bertz CT molecular complexity index is 298. The van der Waals surface area contributed by atoms with Crippen molar-refractivity contribution in [2.75, 3.05) is 18.8 Å². The molecule has 0 aromatic carbocycles. The molecule has 0 spiro atoms. The van der Waals surface area contributed by atoms with Gasteiger partial charge in [0, 0.05) is 25.2 Å². The summed E-state index contributed by atoms with van der Waals surface area (Å²) in [5, 5.41) is 0. The Labute approximate surface area is 85.7 Å². The van der Waals surface area contributed by atoms with Gasteiger partial charge in [0.1, 0.15) is 0 Å². The highest BCUT2D eigenvalue weighted by Gasteiger charge is 2.35. The maximum atomic E-state index is 11.3. The van der Waals surface area contributed by atoms with Crippen molar-refractivity contribution in [2.45, 2.75) is 38.3 Å². The minimum atomic E-state index is -3.01. The molecule has 5 heteroatoms. The third kappa shape index (κ3) is 2.46. The number of hydrogen-bond acceptors (Lipinski definition) is 3. The molecule has 4 nitrogen and oxygen atoms in total. The summed E-state index contributed by atoms with van der Waals surface area (Å²) in [4.78, 5) is 2.41. The molecule has 1 atom stereocenters. The van der Waals surface area contributed by atoms with Gasteiger partial charge in [-0.2, -0.15) is 0 Å². The van der Waals surface area contributed by atoms with Crippen LogP contribution in [0, 0.1) is 0 Å². The molecule has 0 amide bonds. The number of likely N-dealkylation sites (tertiary alicyclic amines) is 1. The van der Waals surface area contributed by atoms with Crippen molar-refractivity contribution in [3.63, 3.8) is 0 Å². The molecule has 2 rings (SSSR count). The zero-order chi connectivity index (χ0) is 10.2. The number of sulfonamides is 1. The van der Waals surface area contributed by atoms with E-state index < -0.39 is 10.0 Å². The summed E-state index contributed by atoms with van der Waals surface area (Å²) < 4.78 is 25.4. The molecule has 0 bridgehead atoms. The summed E-state index contributed by atoms with van der Waals surface area (Å²) in [6.45, 7) is 3.64. The van der Waals surface area contributed by atoms with Crippen LogP contribution in [0.2, 0.25) is 0 Å². The predicted molar refractivity (Wildman–Crippen MR) is 55.6 cm³/mol. The highest BCUT2D eigenvalue weighted by atomic mass is 32.2. The molecule has 2 aliphatic rings. The van der Waals surface area contributed by atoms with Crippen molar-refractivity contribution >= 4 is 10.0 Å². The van der Waals surface area contributed by atoms with E-state index >= 15 is 0 Å². The second-order valence-corrected chi connectivity index (χ2v) is 6.28. The Morgan fingerprint density at radius 1 is 1.36 bits per heavy atom. The van der Waals surface area contributed by atoms with Crippen LogP contribution in [0.3, 0.4) is 0 Å². The van der Waals surface area contributed by atoms with Gasteiger partial charge in [-0.3, -0.25) is 4.90 Å². The minimum Gasteiger partial charge on any atom is -0.299 e. The number of hydrogen-bond donors (Lipinski definition) is 1. The number of rotatable bonds is 4. The van der Waals surface area contributed by atoms with Crippen LogP contribution in [0.25, 0.3) is 0 Å². The lowest BCUT2D eigenvalue weighted by Gasteiger charge is -2.15. The van der Waals surface area contributed by atoms with Gasteiger partial charge in [-0.1, -0.05) is 0 Å². The highest BCUT2D eigenvalue weighted by molar-refractivity contribution is 7.89. The van der Waals surface area contributed by atoms with Crippen molar-refractivity contribution in [1.82, 2.24) is 9.62 Å². The highest BCUT2D eigenvalue weighted by Crippen LogP contribution is 2.29. The summed E-state index contributed by atoms with van der Waals surface area (Å²) in [6.07, 6.45) is 3.57. The van der Waals surface area contributed by atoms with Gasteiger partial charge in [0.25, 0.3) is 0 Å². The average molecular weight is 218 g/mol. The summed E-state index contributed by atoms with van der Waals surface area (Å²) in [6, 6.07) is 0.909. The lowest BCUT2D eigenvalue weighted by molar-refractivity contribution is 0.322. The Kier molecular flexibility index (Phi) is 2.81. The summed E-state index contributed by atoms with van der Waals surface area (Å²) in [5.74, 6) is 0.187. The second-order valence-electron chi connectivity index (χ2n) is 4.23. The smallest absolute Gasteiger partial charge is 0.211 e. The van der Waals surface area contributed by atoms with Crippen molar-refractivity contribution in [3.8, 4) is 0 Å². The maximum absolute atomic E-state index is 11.3. The molecule has 82 valence electrons. The van der Waals surface area contributed by atoms with E-state index in [0.717, 1.165) is 25.6 Å². The molecule has 1 N–H and O–H groups in total. The first-order chi connectivity index (χ1) is 6.61. The van der Waals surface area contributed by atoms with E-state index in [4.69, 9.17) is 0 Å². The van der Waals surface area contributed by atoms with Crippen LogP contribution in [0.1, 0.15) is 26.2 Å². The van der Waals surface area contributed by atoms with E-state index in [1.807, 2.05) is 0 Å². The fraction of sp³-hybridized carbons (Fsp3) is 1.00. The van der Waals surface area contributed by atoms with Crippen LogP contribution in [0.4, 0.5) is 0 Å². The van der Waals surface area contributed by atoms with E-state index in [2.05, 4.69) is 9.62 Å². The molecule has 1 saturated heterocycles. The maximum Gasteiger partial charge on any atom is 0.211 e. The third-order valence-corrected chi connectivity index (χ3v) is 4.46. The van der Waals surface area contributed by atoms with Gasteiger partial charge in [-0.05, 0) is 26.2 Å². The molecule has 2 fully saturated rings. The molecule has 0 aromatic heterocycles. The van der Waals surface area contributed by atoms with Crippen LogP contribution in [0.5, 0.6) is 0 Å². The Balaban J connectivity index is 1.83.